The molecular formula is C21H22F2N2O2. The van der Waals surface area contributed by atoms with Crippen LogP contribution in [0.5, 0.6) is 0 Å². The highest BCUT2D eigenvalue weighted by Gasteiger charge is 2.27. The predicted molar refractivity (Wildman–Crippen MR) is 98.2 cm³/mol. The van der Waals surface area contributed by atoms with Crippen LogP contribution in [0.4, 0.5) is 8.78 Å². The molecule has 0 radical (unpaired) electrons. The number of hydrogen-bond donors (Lipinski definition) is 0. The Bertz CT molecular complexity index is 815. The monoisotopic (exact) mass is 372 g/mol. The summed E-state index contributed by atoms with van der Waals surface area (Å²) in [5.74, 6) is -1.22. The SMILES string of the molecule is CC(Cc1ccccc1F)C(=O)N1CCN(C(=O)c2ccc(F)cc2)CC1. The molecule has 0 saturated carbocycles. The van der Waals surface area contributed by atoms with Crippen molar-refractivity contribution in [2.75, 3.05) is 26.2 Å². The van der Waals surface area contributed by atoms with E-state index in [1.54, 1.807) is 34.9 Å². The number of piperazine rings is 1. The van der Waals surface area contributed by atoms with Crippen molar-refractivity contribution in [1.29, 1.82) is 0 Å². The average molecular weight is 372 g/mol. The van der Waals surface area contributed by atoms with Crippen molar-refractivity contribution in [1.82, 2.24) is 9.80 Å². The summed E-state index contributed by atoms with van der Waals surface area (Å²) in [6.07, 6.45) is 0.347. The van der Waals surface area contributed by atoms with Crippen molar-refractivity contribution in [2.24, 2.45) is 5.92 Å². The van der Waals surface area contributed by atoms with Crippen LogP contribution in [0.2, 0.25) is 0 Å². The van der Waals surface area contributed by atoms with Crippen molar-refractivity contribution >= 4 is 11.8 Å². The first kappa shape index (κ1) is 19.0. The molecule has 6 heteroatoms. The number of rotatable bonds is 4. The lowest BCUT2D eigenvalue weighted by Gasteiger charge is -2.36. The molecule has 1 fully saturated rings. The third-order valence-electron chi connectivity index (χ3n) is 4.88. The second-order valence-corrected chi connectivity index (χ2v) is 6.82. The van der Waals surface area contributed by atoms with Gasteiger partial charge in [-0.25, -0.2) is 8.78 Å². The van der Waals surface area contributed by atoms with E-state index in [2.05, 4.69) is 0 Å². The predicted octanol–water partition coefficient (Wildman–Crippen LogP) is 3.13. The summed E-state index contributed by atoms with van der Waals surface area (Å²) in [7, 11) is 0. The van der Waals surface area contributed by atoms with Gasteiger partial charge in [0.05, 0.1) is 0 Å². The van der Waals surface area contributed by atoms with Gasteiger partial charge in [-0.1, -0.05) is 25.1 Å². The van der Waals surface area contributed by atoms with Crippen LogP contribution < -0.4 is 0 Å². The summed E-state index contributed by atoms with van der Waals surface area (Å²) in [6.45, 7) is 3.52. The fraction of sp³-hybridized carbons (Fsp3) is 0.333. The minimum Gasteiger partial charge on any atom is -0.339 e. The van der Waals surface area contributed by atoms with Crippen molar-refractivity contribution in [3.8, 4) is 0 Å². The maximum Gasteiger partial charge on any atom is 0.253 e. The number of halogens is 2. The second-order valence-electron chi connectivity index (χ2n) is 6.82. The number of hydrogen-bond acceptors (Lipinski definition) is 2. The Labute approximate surface area is 157 Å². The molecule has 2 aromatic rings. The van der Waals surface area contributed by atoms with E-state index in [4.69, 9.17) is 0 Å². The van der Waals surface area contributed by atoms with Crippen LogP contribution in [0, 0.1) is 17.6 Å². The summed E-state index contributed by atoms with van der Waals surface area (Å²) in [4.78, 5) is 28.5. The molecular weight excluding hydrogens is 350 g/mol. The Morgan fingerprint density at radius 2 is 1.52 bits per heavy atom. The maximum absolute atomic E-state index is 13.8. The van der Waals surface area contributed by atoms with E-state index < -0.39 is 0 Å². The molecule has 3 rings (SSSR count). The van der Waals surface area contributed by atoms with Crippen LogP contribution in [0.1, 0.15) is 22.8 Å². The van der Waals surface area contributed by atoms with Gasteiger partial charge in [0.1, 0.15) is 11.6 Å². The topological polar surface area (TPSA) is 40.6 Å². The van der Waals surface area contributed by atoms with Crippen LogP contribution in [-0.4, -0.2) is 47.8 Å². The quantitative estimate of drug-likeness (QED) is 0.827. The molecule has 0 bridgehead atoms. The molecule has 1 heterocycles. The normalized spacial score (nSPS) is 15.5. The number of nitrogens with zero attached hydrogens (tertiary/aromatic N) is 2. The van der Waals surface area contributed by atoms with E-state index in [9.17, 15) is 18.4 Å². The van der Waals surface area contributed by atoms with Gasteiger partial charge in [0.2, 0.25) is 5.91 Å². The highest BCUT2D eigenvalue weighted by atomic mass is 19.1. The zero-order valence-electron chi connectivity index (χ0n) is 15.2. The van der Waals surface area contributed by atoms with Crippen molar-refractivity contribution < 1.29 is 18.4 Å². The molecule has 4 nitrogen and oxygen atoms in total. The number of carbonyl (C=O) groups excluding carboxylic acids is 2. The molecule has 1 atom stereocenters. The third-order valence-corrected chi connectivity index (χ3v) is 4.88. The molecule has 0 spiro atoms. The summed E-state index contributed by atoms with van der Waals surface area (Å²) in [5.41, 5.74) is 0.965. The van der Waals surface area contributed by atoms with Crippen LogP contribution in [0.25, 0.3) is 0 Å². The van der Waals surface area contributed by atoms with E-state index in [1.165, 1.54) is 30.3 Å². The molecule has 0 N–H and O–H groups in total. The Morgan fingerprint density at radius 3 is 2.15 bits per heavy atom. The minimum atomic E-state index is -0.384. The molecule has 27 heavy (non-hydrogen) atoms. The first-order chi connectivity index (χ1) is 13.0. The molecule has 1 unspecified atom stereocenters. The lowest BCUT2D eigenvalue weighted by molar-refractivity contribution is -0.136. The van der Waals surface area contributed by atoms with Gasteiger partial charge >= 0.3 is 0 Å². The van der Waals surface area contributed by atoms with Gasteiger partial charge in [-0.2, -0.15) is 0 Å². The fourth-order valence-corrected chi connectivity index (χ4v) is 3.30. The Kier molecular flexibility index (Phi) is 5.84. The Hall–Kier alpha value is -2.76. The molecule has 142 valence electrons. The standard InChI is InChI=1S/C21H22F2N2O2/c1-15(14-17-4-2-3-5-19(17)23)20(26)24-10-12-25(13-11-24)21(27)16-6-8-18(22)9-7-16/h2-9,15H,10-14H2,1H3. The fourth-order valence-electron chi connectivity index (χ4n) is 3.30. The first-order valence-corrected chi connectivity index (χ1v) is 9.02. The molecule has 1 saturated heterocycles. The highest BCUT2D eigenvalue weighted by molar-refractivity contribution is 5.94. The second kappa shape index (κ2) is 8.29. The first-order valence-electron chi connectivity index (χ1n) is 9.02. The van der Waals surface area contributed by atoms with Gasteiger partial charge in [0, 0.05) is 37.7 Å². The molecule has 1 aliphatic heterocycles. The van der Waals surface area contributed by atoms with E-state index in [-0.39, 0.29) is 29.4 Å². The number of carbonyl (C=O) groups is 2. The third kappa shape index (κ3) is 4.51. The zero-order valence-corrected chi connectivity index (χ0v) is 15.2. The van der Waals surface area contributed by atoms with Gasteiger partial charge < -0.3 is 9.80 Å². The summed E-state index contributed by atoms with van der Waals surface area (Å²) in [6, 6.07) is 11.9. The zero-order chi connectivity index (χ0) is 19.4. The Balaban J connectivity index is 1.55. The summed E-state index contributed by atoms with van der Waals surface area (Å²) >= 11 is 0. The largest absolute Gasteiger partial charge is 0.339 e. The molecule has 1 aliphatic rings. The van der Waals surface area contributed by atoms with E-state index in [1.807, 2.05) is 0 Å². The van der Waals surface area contributed by atoms with Crippen molar-refractivity contribution in [3.63, 3.8) is 0 Å². The van der Waals surface area contributed by atoms with E-state index >= 15 is 0 Å². The van der Waals surface area contributed by atoms with Gasteiger partial charge in [-0.05, 0) is 42.3 Å². The summed E-state index contributed by atoms with van der Waals surface area (Å²) < 4.78 is 26.8. The molecule has 2 aromatic carbocycles. The van der Waals surface area contributed by atoms with Crippen LogP contribution >= 0.6 is 0 Å². The highest BCUT2D eigenvalue weighted by Crippen LogP contribution is 2.16. The lowest BCUT2D eigenvalue weighted by atomic mass is 9.99. The van der Waals surface area contributed by atoms with Crippen LogP contribution in [0.3, 0.4) is 0 Å². The Morgan fingerprint density at radius 1 is 0.926 bits per heavy atom. The average Bonchev–Trinajstić information content (AvgIpc) is 2.69. The lowest BCUT2D eigenvalue weighted by Crippen LogP contribution is -2.51. The number of benzene rings is 2. The van der Waals surface area contributed by atoms with Gasteiger partial charge in [-0.3, -0.25) is 9.59 Å². The van der Waals surface area contributed by atoms with Gasteiger partial charge in [0.15, 0.2) is 0 Å². The van der Waals surface area contributed by atoms with Crippen LogP contribution in [0.15, 0.2) is 48.5 Å². The van der Waals surface area contributed by atoms with Crippen LogP contribution in [-0.2, 0) is 11.2 Å². The van der Waals surface area contributed by atoms with Gasteiger partial charge in [-0.15, -0.1) is 0 Å². The maximum atomic E-state index is 13.8. The molecule has 0 aromatic heterocycles. The summed E-state index contributed by atoms with van der Waals surface area (Å²) in [5, 5.41) is 0. The molecule has 0 aliphatic carbocycles. The van der Waals surface area contributed by atoms with E-state index in [0.717, 1.165) is 0 Å². The molecule has 2 amide bonds. The smallest absolute Gasteiger partial charge is 0.253 e. The minimum absolute atomic E-state index is 0.0351. The van der Waals surface area contributed by atoms with Gasteiger partial charge in [0.25, 0.3) is 5.91 Å². The van der Waals surface area contributed by atoms with Crippen molar-refractivity contribution in [2.45, 2.75) is 13.3 Å². The van der Waals surface area contributed by atoms with Crippen molar-refractivity contribution in [3.05, 3.63) is 71.3 Å². The van der Waals surface area contributed by atoms with E-state index in [0.29, 0.717) is 43.7 Å². The number of amides is 2.